The first-order valence-corrected chi connectivity index (χ1v) is 9.58. The molecule has 0 aliphatic carbocycles. The number of aromatic carboxylic acids is 1. The number of benzene rings is 2. The number of nitrogens with two attached hydrogens (primary N) is 1. The zero-order chi connectivity index (χ0) is 21.1. The second-order valence-corrected chi connectivity index (χ2v) is 7.61. The molecule has 9 heteroatoms. The van der Waals surface area contributed by atoms with Gasteiger partial charge in [0.15, 0.2) is 5.37 Å². The molecular formula is C20H18N3O5S-. The lowest BCUT2D eigenvalue weighted by atomic mass is 10.1. The molecule has 1 aliphatic heterocycles. The Hall–Kier alpha value is -3.33. The molecule has 2 aromatic carbocycles. The maximum absolute atomic E-state index is 13.0. The predicted octanol–water partition coefficient (Wildman–Crippen LogP) is 0.872. The molecule has 0 aromatic heterocycles. The van der Waals surface area contributed by atoms with Crippen molar-refractivity contribution in [3.8, 4) is 0 Å². The highest BCUT2D eigenvalue weighted by Gasteiger charge is 2.43. The molecule has 3 amide bonds. The van der Waals surface area contributed by atoms with E-state index in [4.69, 9.17) is 5.73 Å². The van der Waals surface area contributed by atoms with Gasteiger partial charge in [0.05, 0.1) is 19.1 Å². The van der Waals surface area contributed by atoms with Crippen molar-refractivity contribution in [1.82, 2.24) is 4.90 Å². The van der Waals surface area contributed by atoms with Crippen molar-refractivity contribution in [1.29, 1.82) is 0 Å². The van der Waals surface area contributed by atoms with Crippen molar-refractivity contribution in [2.75, 3.05) is 11.4 Å². The van der Waals surface area contributed by atoms with Crippen LogP contribution in [0.2, 0.25) is 0 Å². The summed E-state index contributed by atoms with van der Waals surface area (Å²) in [5, 5.41) is 9.60. The number of nitrogens with zero attached hydrogens (tertiary/aromatic N) is 2. The molecule has 150 valence electrons. The summed E-state index contributed by atoms with van der Waals surface area (Å²) >= 11 is 0.788. The van der Waals surface area contributed by atoms with Crippen LogP contribution < -0.4 is 15.7 Å². The molecule has 1 fully saturated rings. The van der Waals surface area contributed by atoms with Crippen molar-refractivity contribution >= 4 is 40.5 Å². The van der Waals surface area contributed by atoms with E-state index in [0.29, 0.717) is 11.3 Å². The molecule has 1 saturated heterocycles. The van der Waals surface area contributed by atoms with Crippen LogP contribution in [0, 0.1) is 6.92 Å². The molecular weight excluding hydrogens is 394 g/mol. The van der Waals surface area contributed by atoms with E-state index in [1.807, 2.05) is 19.1 Å². The van der Waals surface area contributed by atoms with Gasteiger partial charge in [-0.3, -0.25) is 19.3 Å². The molecule has 1 heterocycles. The molecule has 1 atom stereocenters. The Kier molecular flexibility index (Phi) is 5.88. The minimum atomic E-state index is -1.34. The quantitative estimate of drug-likeness (QED) is 0.716. The summed E-state index contributed by atoms with van der Waals surface area (Å²) in [4.78, 5) is 50.6. The van der Waals surface area contributed by atoms with Gasteiger partial charge in [-0.1, -0.05) is 35.9 Å². The lowest BCUT2D eigenvalue weighted by molar-refractivity contribution is -0.255. The fourth-order valence-corrected chi connectivity index (χ4v) is 3.99. The van der Waals surface area contributed by atoms with Gasteiger partial charge < -0.3 is 20.5 Å². The van der Waals surface area contributed by atoms with Gasteiger partial charge >= 0.3 is 0 Å². The van der Waals surface area contributed by atoms with Gasteiger partial charge in [-0.2, -0.15) is 0 Å². The van der Waals surface area contributed by atoms with Gasteiger partial charge in [0.1, 0.15) is 0 Å². The number of aryl methyl sites for hydroxylation is 1. The van der Waals surface area contributed by atoms with E-state index in [-0.39, 0.29) is 18.7 Å². The molecule has 0 unspecified atom stereocenters. The van der Waals surface area contributed by atoms with E-state index in [1.54, 1.807) is 18.2 Å². The number of rotatable bonds is 7. The first-order chi connectivity index (χ1) is 13.8. The molecule has 0 saturated carbocycles. The third-order valence-corrected chi connectivity index (χ3v) is 5.49. The average molecular weight is 412 g/mol. The number of carbonyl (C=O) groups excluding carboxylic acids is 4. The van der Waals surface area contributed by atoms with Gasteiger partial charge in [0.25, 0.3) is 11.1 Å². The second kappa shape index (κ2) is 8.36. The number of hydrogen-bond acceptors (Lipinski definition) is 7. The van der Waals surface area contributed by atoms with Gasteiger partial charge in [0, 0.05) is 5.69 Å². The van der Waals surface area contributed by atoms with Crippen LogP contribution in [-0.4, -0.2) is 39.8 Å². The number of primary amides is 1. The van der Waals surface area contributed by atoms with Gasteiger partial charge in [-0.25, -0.2) is 0 Å². The number of amides is 3. The third-order valence-electron chi connectivity index (χ3n) is 4.39. The van der Waals surface area contributed by atoms with Crippen molar-refractivity contribution in [2.24, 2.45) is 5.73 Å². The Labute approximate surface area is 171 Å². The lowest BCUT2D eigenvalue weighted by Gasteiger charge is -2.27. The Balaban J connectivity index is 1.85. The zero-order valence-electron chi connectivity index (χ0n) is 15.5. The standard InChI is InChI=1S/C20H19N3O5S/c1-12-5-7-15(8-6-12)22(11-16(21)24)18-17(25)23(20(28)29-18)10-13-3-2-4-14(9-13)19(26)27/h2-9,18H,10-11H2,1H3,(H2,21,24)(H,26,27)/p-1/t18-/m0/s1. The first-order valence-electron chi connectivity index (χ1n) is 8.70. The Morgan fingerprint density at radius 1 is 1.17 bits per heavy atom. The van der Waals surface area contributed by atoms with Crippen molar-refractivity contribution < 1.29 is 24.3 Å². The largest absolute Gasteiger partial charge is 0.545 e. The van der Waals surface area contributed by atoms with Crippen molar-refractivity contribution in [3.63, 3.8) is 0 Å². The number of carboxylic acids is 1. The lowest BCUT2D eigenvalue weighted by Crippen LogP contribution is -2.45. The molecule has 0 bridgehead atoms. The van der Waals surface area contributed by atoms with Gasteiger partial charge in [0.2, 0.25) is 5.91 Å². The SMILES string of the molecule is Cc1ccc(N(CC(N)=O)[C@H]2SC(=O)N(Cc3cccc(C(=O)[O-])c3)C2=O)cc1. The van der Waals surface area contributed by atoms with Crippen LogP contribution in [0.5, 0.6) is 0 Å². The van der Waals surface area contributed by atoms with E-state index >= 15 is 0 Å². The van der Waals surface area contributed by atoms with Crippen LogP contribution in [0.3, 0.4) is 0 Å². The maximum atomic E-state index is 13.0. The number of carboxylic acid groups (broad SMARTS) is 1. The molecule has 3 rings (SSSR count). The van der Waals surface area contributed by atoms with Crippen LogP contribution in [0.15, 0.2) is 48.5 Å². The summed E-state index contributed by atoms with van der Waals surface area (Å²) in [5.74, 6) is -2.47. The topological polar surface area (TPSA) is 124 Å². The van der Waals surface area contributed by atoms with E-state index in [0.717, 1.165) is 22.2 Å². The third kappa shape index (κ3) is 4.57. The number of thioether (sulfide) groups is 1. The average Bonchev–Trinajstić information content (AvgIpc) is 2.95. The van der Waals surface area contributed by atoms with Gasteiger partial charge in [-0.15, -0.1) is 0 Å². The summed E-state index contributed by atoms with van der Waals surface area (Å²) in [5.41, 5.74) is 7.38. The molecule has 2 aromatic rings. The maximum Gasteiger partial charge on any atom is 0.291 e. The molecule has 1 aliphatic rings. The Morgan fingerprint density at radius 3 is 2.48 bits per heavy atom. The highest BCUT2D eigenvalue weighted by atomic mass is 32.2. The first kappa shape index (κ1) is 20.4. The molecule has 2 N–H and O–H groups in total. The van der Waals surface area contributed by atoms with E-state index in [9.17, 15) is 24.3 Å². The molecule has 8 nitrogen and oxygen atoms in total. The highest BCUT2D eigenvalue weighted by molar-refractivity contribution is 8.15. The summed E-state index contributed by atoms with van der Waals surface area (Å²) < 4.78 is 0. The fourth-order valence-electron chi connectivity index (χ4n) is 2.97. The highest BCUT2D eigenvalue weighted by Crippen LogP contribution is 2.33. The van der Waals surface area contributed by atoms with Crippen molar-refractivity contribution in [2.45, 2.75) is 18.8 Å². The minimum absolute atomic E-state index is 0.0409. The Morgan fingerprint density at radius 2 is 1.86 bits per heavy atom. The van der Waals surface area contributed by atoms with Gasteiger partial charge in [-0.05, 0) is 48.0 Å². The summed E-state index contributed by atoms with van der Waals surface area (Å²) in [7, 11) is 0. The minimum Gasteiger partial charge on any atom is -0.545 e. The summed E-state index contributed by atoms with van der Waals surface area (Å²) in [6, 6.07) is 13.0. The number of carbonyl (C=O) groups is 4. The van der Waals surface area contributed by atoms with E-state index in [2.05, 4.69) is 0 Å². The van der Waals surface area contributed by atoms with E-state index in [1.165, 1.54) is 23.1 Å². The Bertz CT molecular complexity index is 976. The smallest absolute Gasteiger partial charge is 0.291 e. The molecule has 29 heavy (non-hydrogen) atoms. The second-order valence-electron chi connectivity index (χ2n) is 6.58. The van der Waals surface area contributed by atoms with Crippen LogP contribution in [0.4, 0.5) is 10.5 Å². The number of anilines is 1. The summed E-state index contributed by atoms with van der Waals surface area (Å²) in [6.45, 7) is 1.60. The fraction of sp³-hybridized carbons (Fsp3) is 0.200. The van der Waals surface area contributed by atoms with Crippen LogP contribution in [0.1, 0.15) is 21.5 Å². The van der Waals surface area contributed by atoms with Crippen LogP contribution in [-0.2, 0) is 16.1 Å². The van der Waals surface area contributed by atoms with Crippen LogP contribution >= 0.6 is 11.8 Å². The monoisotopic (exact) mass is 412 g/mol. The number of hydrogen-bond donors (Lipinski definition) is 1. The number of imide groups is 1. The summed E-state index contributed by atoms with van der Waals surface area (Å²) in [6.07, 6.45) is 0. The van der Waals surface area contributed by atoms with Crippen LogP contribution in [0.25, 0.3) is 0 Å². The van der Waals surface area contributed by atoms with Crippen molar-refractivity contribution in [3.05, 3.63) is 65.2 Å². The van der Waals surface area contributed by atoms with E-state index < -0.39 is 28.4 Å². The normalized spacial score (nSPS) is 16.2. The molecule has 0 spiro atoms. The zero-order valence-corrected chi connectivity index (χ0v) is 16.3. The molecule has 0 radical (unpaired) electrons. The predicted molar refractivity (Wildman–Crippen MR) is 106 cm³/mol.